The van der Waals surface area contributed by atoms with Gasteiger partial charge in [0, 0.05) is 18.4 Å². The maximum Gasteiger partial charge on any atom is 0.240 e. The van der Waals surface area contributed by atoms with Crippen molar-refractivity contribution in [1.82, 2.24) is 4.72 Å². The smallest absolute Gasteiger partial charge is 0.240 e. The molecule has 0 heterocycles. The summed E-state index contributed by atoms with van der Waals surface area (Å²) in [4.78, 5) is 0.0449. The summed E-state index contributed by atoms with van der Waals surface area (Å²) in [6.45, 7) is 1.51. The van der Waals surface area contributed by atoms with E-state index in [4.69, 9.17) is 10.5 Å². The second-order valence-electron chi connectivity index (χ2n) is 4.66. The number of sulfonamides is 1. The first-order chi connectivity index (χ1) is 9.22. The molecular weight excluding hydrogens is 300 g/mol. The lowest BCUT2D eigenvalue weighted by Crippen LogP contribution is -2.42. The largest absolute Gasteiger partial charge is 0.495 e. The normalized spacial score (nSPS) is 14.8. The number of nitrogens with one attached hydrogen (secondary N) is 1. The molecule has 0 aromatic heterocycles. The highest BCUT2D eigenvalue weighted by Crippen LogP contribution is 2.24. The molecule has 0 saturated heterocycles. The van der Waals surface area contributed by atoms with E-state index in [1.807, 2.05) is 6.26 Å². The molecule has 0 aliphatic heterocycles. The molecule has 1 aromatic carbocycles. The van der Waals surface area contributed by atoms with Gasteiger partial charge in [0.15, 0.2) is 0 Å². The summed E-state index contributed by atoms with van der Waals surface area (Å²) in [5.74, 6) is 0.726. The van der Waals surface area contributed by atoms with Crippen molar-refractivity contribution in [1.29, 1.82) is 0 Å². The number of nitrogen functional groups attached to an aromatic ring is 1. The number of hydrogen-bond acceptors (Lipinski definition) is 6. The van der Waals surface area contributed by atoms with Crippen molar-refractivity contribution < 1.29 is 18.3 Å². The standard InChI is InChI=1S/C12H20N2O4S2/c1-12(15,8-19-3)7-14-20(16,17)9-4-5-10(13)11(6-9)18-2/h4-6,14-15H,7-8,13H2,1-3H3. The molecular formula is C12H20N2O4S2. The monoisotopic (exact) mass is 320 g/mol. The molecule has 8 heteroatoms. The van der Waals surface area contributed by atoms with Gasteiger partial charge in [0.1, 0.15) is 5.75 Å². The maximum atomic E-state index is 12.1. The summed E-state index contributed by atoms with van der Waals surface area (Å²) in [6.07, 6.45) is 1.84. The number of hydrogen-bond donors (Lipinski definition) is 3. The van der Waals surface area contributed by atoms with E-state index in [9.17, 15) is 13.5 Å². The Morgan fingerprint density at radius 1 is 1.50 bits per heavy atom. The number of benzene rings is 1. The third kappa shape index (κ3) is 4.55. The summed E-state index contributed by atoms with van der Waals surface area (Å²) in [6, 6.07) is 4.21. The fourth-order valence-electron chi connectivity index (χ4n) is 1.55. The lowest BCUT2D eigenvalue weighted by atomic mass is 10.1. The molecule has 1 aromatic rings. The van der Waals surface area contributed by atoms with Crippen molar-refractivity contribution >= 4 is 27.5 Å². The van der Waals surface area contributed by atoms with Crippen LogP contribution in [0.25, 0.3) is 0 Å². The van der Waals surface area contributed by atoms with Gasteiger partial charge in [-0.3, -0.25) is 0 Å². The van der Waals surface area contributed by atoms with Crippen LogP contribution in [0, 0.1) is 0 Å². The molecule has 1 unspecified atom stereocenters. The van der Waals surface area contributed by atoms with Crippen LogP contribution in [0.4, 0.5) is 5.69 Å². The highest BCUT2D eigenvalue weighted by atomic mass is 32.2. The summed E-state index contributed by atoms with van der Waals surface area (Å²) in [7, 11) is -2.30. The Hall–Kier alpha value is -0.960. The van der Waals surface area contributed by atoms with Crippen molar-refractivity contribution in [3.8, 4) is 5.75 Å². The topological polar surface area (TPSA) is 102 Å². The predicted octanol–water partition coefficient (Wildman–Crippen LogP) is 0.670. The third-order valence-electron chi connectivity index (χ3n) is 2.61. The summed E-state index contributed by atoms with van der Waals surface area (Å²) in [5, 5.41) is 9.98. The molecule has 0 aliphatic rings. The first kappa shape index (κ1) is 17.1. The number of anilines is 1. The number of methoxy groups -OCH3 is 1. The average molecular weight is 320 g/mol. The van der Waals surface area contributed by atoms with Gasteiger partial charge in [0.25, 0.3) is 0 Å². The zero-order chi connectivity index (χ0) is 15.4. The Balaban J connectivity index is 2.89. The Kier molecular flexibility index (Phi) is 5.69. The lowest BCUT2D eigenvalue weighted by Gasteiger charge is -2.22. The van der Waals surface area contributed by atoms with E-state index >= 15 is 0 Å². The minimum atomic E-state index is -3.72. The first-order valence-corrected chi connectivity index (χ1v) is 8.74. The molecule has 6 nitrogen and oxygen atoms in total. The molecule has 0 amide bonds. The molecule has 1 atom stereocenters. The molecule has 4 N–H and O–H groups in total. The van der Waals surface area contributed by atoms with E-state index in [2.05, 4.69) is 4.72 Å². The highest BCUT2D eigenvalue weighted by Gasteiger charge is 2.24. The quantitative estimate of drug-likeness (QED) is 0.638. The first-order valence-electron chi connectivity index (χ1n) is 5.86. The zero-order valence-electron chi connectivity index (χ0n) is 11.7. The Bertz CT molecular complexity index is 559. The third-order valence-corrected chi connectivity index (χ3v) is 4.92. The van der Waals surface area contributed by atoms with Crippen molar-refractivity contribution in [2.24, 2.45) is 0 Å². The average Bonchev–Trinajstić information content (AvgIpc) is 2.37. The van der Waals surface area contributed by atoms with Crippen molar-refractivity contribution in [3.63, 3.8) is 0 Å². The number of ether oxygens (including phenoxy) is 1. The molecule has 0 spiro atoms. The maximum absolute atomic E-state index is 12.1. The minimum absolute atomic E-state index is 0.0449. The van der Waals surface area contributed by atoms with Gasteiger partial charge in [0.2, 0.25) is 10.0 Å². The van der Waals surface area contributed by atoms with Crippen molar-refractivity contribution in [3.05, 3.63) is 18.2 Å². The fourth-order valence-corrected chi connectivity index (χ4v) is 3.46. The van der Waals surface area contributed by atoms with Crippen LogP contribution in [-0.2, 0) is 10.0 Å². The summed E-state index contributed by atoms with van der Waals surface area (Å²) >= 11 is 1.44. The number of thioether (sulfide) groups is 1. The van der Waals surface area contributed by atoms with Crippen LogP contribution in [0.3, 0.4) is 0 Å². The van der Waals surface area contributed by atoms with Crippen LogP contribution in [0.15, 0.2) is 23.1 Å². The molecule has 0 aliphatic carbocycles. The van der Waals surface area contributed by atoms with E-state index in [1.165, 1.54) is 37.1 Å². The van der Waals surface area contributed by atoms with Crippen molar-refractivity contribution in [2.45, 2.75) is 17.4 Å². The number of rotatable bonds is 7. The highest BCUT2D eigenvalue weighted by molar-refractivity contribution is 7.98. The van der Waals surface area contributed by atoms with Crippen LogP contribution in [0.2, 0.25) is 0 Å². The Morgan fingerprint density at radius 2 is 2.15 bits per heavy atom. The number of nitrogens with two attached hydrogens (primary N) is 1. The molecule has 1 rings (SSSR count). The Morgan fingerprint density at radius 3 is 2.70 bits per heavy atom. The predicted molar refractivity (Wildman–Crippen MR) is 81.6 cm³/mol. The lowest BCUT2D eigenvalue weighted by molar-refractivity contribution is 0.0908. The van der Waals surface area contributed by atoms with E-state index in [0.717, 1.165) is 0 Å². The van der Waals surface area contributed by atoms with Crippen LogP contribution in [-0.4, -0.2) is 44.8 Å². The van der Waals surface area contributed by atoms with E-state index in [-0.39, 0.29) is 11.4 Å². The molecule has 0 fully saturated rings. The van der Waals surface area contributed by atoms with Gasteiger partial charge in [-0.15, -0.1) is 0 Å². The van der Waals surface area contributed by atoms with Crippen molar-refractivity contribution in [2.75, 3.05) is 31.4 Å². The summed E-state index contributed by atoms with van der Waals surface area (Å²) in [5.41, 5.74) is 4.90. The molecule has 0 saturated carbocycles. The summed E-state index contributed by atoms with van der Waals surface area (Å²) < 4.78 is 31.7. The van der Waals surface area contributed by atoms with Gasteiger partial charge in [-0.05, 0) is 25.3 Å². The van der Waals surface area contributed by atoms with Gasteiger partial charge >= 0.3 is 0 Å². The van der Waals surface area contributed by atoms with E-state index < -0.39 is 15.6 Å². The fraction of sp³-hybridized carbons (Fsp3) is 0.500. The SMILES string of the molecule is COc1cc(S(=O)(=O)NCC(C)(O)CSC)ccc1N. The van der Waals surface area contributed by atoms with E-state index in [0.29, 0.717) is 17.2 Å². The molecule has 20 heavy (non-hydrogen) atoms. The second kappa shape index (κ2) is 6.66. The van der Waals surface area contributed by atoms with Crippen LogP contribution < -0.4 is 15.2 Å². The molecule has 0 bridgehead atoms. The van der Waals surface area contributed by atoms with Gasteiger partial charge in [-0.1, -0.05) is 0 Å². The van der Waals surface area contributed by atoms with Crippen LogP contribution in [0.5, 0.6) is 5.75 Å². The van der Waals surface area contributed by atoms with Crippen LogP contribution in [0.1, 0.15) is 6.92 Å². The zero-order valence-corrected chi connectivity index (χ0v) is 13.3. The molecule has 0 radical (unpaired) electrons. The number of aliphatic hydroxyl groups is 1. The Labute approximate surface area is 123 Å². The van der Waals surface area contributed by atoms with Crippen LogP contribution >= 0.6 is 11.8 Å². The van der Waals surface area contributed by atoms with Gasteiger partial charge in [-0.25, -0.2) is 13.1 Å². The van der Waals surface area contributed by atoms with Gasteiger partial charge in [0.05, 0.1) is 23.3 Å². The van der Waals surface area contributed by atoms with Gasteiger partial charge in [-0.2, -0.15) is 11.8 Å². The van der Waals surface area contributed by atoms with E-state index in [1.54, 1.807) is 6.92 Å². The molecule has 114 valence electrons. The minimum Gasteiger partial charge on any atom is -0.495 e. The second-order valence-corrected chi connectivity index (χ2v) is 7.29. The van der Waals surface area contributed by atoms with Gasteiger partial charge < -0.3 is 15.6 Å².